The maximum absolute atomic E-state index is 11.6. The smallest absolute Gasteiger partial charge is 0.410 e. The second kappa shape index (κ2) is 5.76. The summed E-state index contributed by atoms with van der Waals surface area (Å²) in [6.07, 6.45) is 5.13. The van der Waals surface area contributed by atoms with E-state index in [9.17, 15) is 9.59 Å². The average molecular weight is 252 g/mol. The van der Waals surface area contributed by atoms with Crippen LogP contribution in [0.4, 0.5) is 4.79 Å². The lowest BCUT2D eigenvalue weighted by Gasteiger charge is -2.39. The summed E-state index contributed by atoms with van der Waals surface area (Å²) in [5.74, 6) is 2.48. The van der Waals surface area contributed by atoms with Crippen molar-refractivity contribution in [1.82, 2.24) is 10.2 Å². The standard InChI is InChI=1S/C13H20N2O3/c1-5-6-14-11(16)7-10-8-15(9-10)12(17)18-13(2,3)4/h1,10H,6-9H2,2-4H3,(H,14,16). The second-order valence-corrected chi connectivity index (χ2v) is 5.44. The van der Waals surface area contributed by atoms with Gasteiger partial charge in [0.05, 0.1) is 6.54 Å². The first-order valence-electron chi connectivity index (χ1n) is 6.00. The minimum atomic E-state index is -0.480. The number of hydrogen-bond acceptors (Lipinski definition) is 3. The Labute approximate surface area is 108 Å². The van der Waals surface area contributed by atoms with E-state index in [1.165, 1.54) is 0 Å². The predicted octanol–water partition coefficient (Wildman–Crippen LogP) is 0.993. The number of carbonyl (C=O) groups excluding carboxylic acids is 2. The number of rotatable bonds is 3. The molecule has 0 aromatic carbocycles. The summed E-state index contributed by atoms with van der Waals surface area (Å²) in [4.78, 5) is 24.6. The van der Waals surface area contributed by atoms with Gasteiger partial charge in [-0.2, -0.15) is 0 Å². The molecular formula is C13H20N2O3. The Bertz CT molecular complexity index is 359. The van der Waals surface area contributed by atoms with E-state index in [2.05, 4.69) is 11.2 Å². The van der Waals surface area contributed by atoms with Gasteiger partial charge in [-0.3, -0.25) is 4.79 Å². The van der Waals surface area contributed by atoms with E-state index in [0.29, 0.717) is 19.5 Å². The zero-order chi connectivity index (χ0) is 13.8. The van der Waals surface area contributed by atoms with Crippen LogP contribution in [-0.2, 0) is 9.53 Å². The first kappa shape index (κ1) is 14.4. The van der Waals surface area contributed by atoms with Crippen LogP contribution in [0.3, 0.4) is 0 Å². The van der Waals surface area contributed by atoms with E-state index in [1.807, 2.05) is 20.8 Å². The molecule has 0 bridgehead atoms. The molecule has 0 aromatic rings. The maximum Gasteiger partial charge on any atom is 0.410 e. The average Bonchev–Trinajstić information content (AvgIpc) is 2.16. The molecule has 5 nitrogen and oxygen atoms in total. The van der Waals surface area contributed by atoms with Crippen molar-refractivity contribution in [2.75, 3.05) is 19.6 Å². The van der Waals surface area contributed by atoms with Gasteiger partial charge in [-0.05, 0) is 20.8 Å². The third kappa shape index (κ3) is 4.66. The van der Waals surface area contributed by atoms with Gasteiger partial charge in [0.15, 0.2) is 0 Å². The van der Waals surface area contributed by atoms with Crippen molar-refractivity contribution in [3.05, 3.63) is 0 Å². The van der Waals surface area contributed by atoms with Crippen LogP contribution in [-0.4, -0.2) is 42.1 Å². The highest BCUT2D eigenvalue weighted by atomic mass is 16.6. The Hall–Kier alpha value is -1.70. The highest BCUT2D eigenvalue weighted by molar-refractivity contribution is 5.77. The van der Waals surface area contributed by atoms with Crippen LogP contribution in [0.15, 0.2) is 0 Å². The molecule has 1 heterocycles. The summed E-state index contributed by atoms with van der Waals surface area (Å²) in [6.45, 7) is 6.87. The number of ether oxygens (including phenoxy) is 1. The first-order valence-corrected chi connectivity index (χ1v) is 6.00. The summed E-state index contributed by atoms with van der Waals surface area (Å²) in [7, 11) is 0. The van der Waals surface area contributed by atoms with Gasteiger partial charge < -0.3 is 15.0 Å². The normalized spacial score (nSPS) is 15.6. The van der Waals surface area contributed by atoms with Gasteiger partial charge in [0, 0.05) is 25.4 Å². The van der Waals surface area contributed by atoms with Crippen molar-refractivity contribution in [1.29, 1.82) is 0 Å². The number of nitrogens with one attached hydrogen (secondary N) is 1. The van der Waals surface area contributed by atoms with Gasteiger partial charge >= 0.3 is 6.09 Å². The van der Waals surface area contributed by atoms with Crippen LogP contribution < -0.4 is 5.32 Å². The Morgan fingerprint density at radius 2 is 2.06 bits per heavy atom. The van der Waals surface area contributed by atoms with Gasteiger partial charge in [0.1, 0.15) is 5.60 Å². The van der Waals surface area contributed by atoms with Crippen LogP contribution >= 0.6 is 0 Å². The van der Waals surface area contributed by atoms with E-state index >= 15 is 0 Å². The number of carbonyl (C=O) groups is 2. The zero-order valence-electron chi connectivity index (χ0n) is 11.2. The van der Waals surface area contributed by atoms with Crippen molar-refractivity contribution in [2.45, 2.75) is 32.8 Å². The number of hydrogen-bond donors (Lipinski definition) is 1. The molecule has 0 aromatic heterocycles. The number of nitrogens with zero attached hydrogens (tertiary/aromatic N) is 1. The fourth-order valence-electron chi connectivity index (χ4n) is 1.66. The Kier molecular flexibility index (Phi) is 4.60. The topological polar surface area (TPSA) is 58.6 Å². The Morgan fingerprint density at radius 3 is 2.56 bits per heavy atom. The molecule has 1 aliphatic heterocycles. The molecule has 0 spiro atoms. The summed E-state index contributed by atoms with van der Waals surface area (Å²) in [5, 5.41) is 2.60. The predicted molar refractivity (Wildman–Crippen MR) is 67.8 cm³/mol. The highest BCUT2D eigenvalue weighted by Gasteiger charge is 2.34. The Morgan fingerprint density at radius 1 is 1.44 bits per heavy atom. The summed E-state index contributed by atoms with van der Waals surface area (Å²) in [5.41, 5.74) is -0.480. The number of terminal acetylenes is 1. The molecule has 1 aliphatic rings. The number of likely N-dealkylation sites (tertiary alicyclic amines) is 1. The molecule has 1 rings (SSSR count). The van der Waals surface area contributed by atoms with Crippen molar-refractivity contribution in [3.8, 4) is 12.3 Å². The van der Waals surface area contributed by atoms with Gasteiger partial charge in [-0.15, -0.1) is 6.42 Å². The fourth-order valence-corrected chi connectivity index (χ4v) is 1.66. The third-order valence-corrected chi connectivity index (χ3v) is 2.47. The quantitative estimate of drug-likeness (QED) is 0.762. The van der Waals surface area contributed by atoms with Gasteiger partial charge in [0.25, 0.3) is 0 Å². The monoisotopic (exact) mass is 252 g/mol. The van der Waals surface area contributed by atoms with Crippen LogP contribution in [0.1, 0.15) is 27.2 Å². The molecule has 1 saturated heterocycles. The molecule has 100 valence electrons. The third-order valence-electron chi connectivity index (χ3n) is 2.47. The molecule has 0 radical (unpaired) electrons. The first-order chi connectivity index (χ1) is 8.31. The minimum absolute atomic E-state index is 0.0678. The lowest BCUT2D eigenvalue weighted by Crippen LogP contribution is -2.52. The van der Waals surface area contributed by atoms with E-state index < -0.39 is 5.60 Å². The second-order valence-electron chi connectivity index (χ2n) is 5.44. The molecule has 0 unspecified atom stereocenters. The van der Waals surface area contributed by atoms with Crippen LogP contribution in [0.5, 0.6) is 0 Å². The van der Waals surface area contributed by atoms with E-state index in [0.717, 1.165) is 0 Å². The van der Waals surface area contributed by atoms with Crippen molar-refractivity contribution in [2.24, 2.45) is 5.92 Å². The van der Waals surface area contributed by atoms with Crippen molar-refractivity contribution >= 4 is 12.0 Å². The molecule has 0 saturated carbocycles. The van der Waals surface area contributed by atoms with Crippen molar-refractivity contribution < 1.29 is 14.3 Å². The summed E-state index contributed by atoms with van der Waals surface area (Å²) >= 11 is 0. The van der Waals surface area contributed by atoms with E-state index in [-0.39, 0.29) is 24.5 Å². The van der Waals surface area contributed by atoms with Gasteiger partial charge in [0.2, 0.25) is 5.91 Å². The summed E-state index contributed by atoms with van der Waals surface area (Å²) in [6, 6.07) is 0. The lowest BCUT2D eigenvalue weighted by molar-refractivity contribution is -0.123. The van der Waals surface area contributed by atoms with Crippen molar-refractivity contribution in [3.63, 3.8) is 0 Å². The molecule has 5 heteroatoms. The largest absolute Gasteiger partial charge is 0.444 e. The van der Waals surface area contributed by atoms with E-state index in [4.69, 9.17) is 11.2 Å². The molecular weight excluding hydrogens is 232 g/mol. The molecule has 0 aliphatic carbocycles. The number of amides is 2. The van der Waals surface area contributed by atoms with E-state index in [1.54, 1.807) is 4.90 Å². The molecule has 0 atom stereocenters. The van der Waals surface area contributed by atoms with Gasteiger partial charge in [-0.25, -0.2) is 4.79 Å². The minimum Gasteiger partial charge on any atom is -0.444 e. The van der Waals surface area contributed by atoms with Crippen LogP contribution in [0.25, 0.3) is 0 Å². The molecule has 1 fully saturated rings. The van der Waals surface area contributed by atoms with Crippen LogP contribution in [0, 0.1) is 18.3 Å². The fraction of sp³-hybridized carbons (Fsp3) is 0.692. The van der Waals surface area contributed by atoms with Crippen LogP contribution in [0.2, 0.25) is 0 Å². The summed E-state index contributed by atoms with van der Waals surface area (Å²) < 4.78 is 5.22. The molecule has 2 amide bonds. The zero-order valence-corrected chi connectivity index (χ0v) is 11.2. The molecule has 1 N–H and O–H groups in total. The SMILES string of the molecule is C#CCNC(=O)CC1CN(C(=O)OC(C)(C)C)C1. The Balaban J connectivity index is 2.22. The molecule has 18 heavy (non-hydrogen) atoms. The van der Waals surface area contributed by atoms with Gasteiger partial charge in [-0.1, -0.05) is 5.92 Å². The highest BCUT2D eigenvalue weighted by Crippen LogP contribution is 2.21. The lowest BCUT2D eigenvalue weighted by atomic mass is 9.96. The maximum atomic E-state index is 11.6.